The Labute approximate surface area is 139 Å². The first-order valence-electron chi connectivity index (χ1n) is 9.09. The van der Waals surface area contributed by atoms with E-state index in [1.807, 2.05) is 18.2 Å². The summed E-state index contributed by atoms with van der Waals surface area (Å²) in [7, 11) is 0. The van der Waals surface area contributed by atoms with Gasteiger partial charge in [-0.3, -0.25) is 4.79 Å². The summed E-state index contributed by atoms with van der Waals surface area (Å²) < 4.78 is 5.59. The maximum atomic E-state index is 12.9. The van der Waals surface area contributed by atoms with Crippen molar-refractivity contribution in [2.75, 3.05) is 18.5 Å². The van der Waals surface area contributed by atoms with E-state index < -0.39 is 0 Å². The molecule has 126 valence electrons. The Morgan fingerprint density at radius 2 is 2.09 bits per heavy atom. The van der Waals surface area contributed by atoms with Crippen LogP contribution in [0.4, 0.5) is 5.69 Å². The van der Waals surface area contributed by atoms with Crippen molar-refractivity contribution in [2.45, 2.75) is 64.0 Å². The van der Waals surface area contributed by atoms with Gasteiger partial charge in [-0.1, -0.05) is 32.6 Å². The van der Waals surface area contributed by atoms with Gasteiger partial charge in [-0.25, -0.2) is 0 Å². The Balaban J connectivity index is 1.69. The molecule has 0 saturated heterocycles. The summed E-state index contributed by atoms with van der Waals surface area (Å²) in [6.07, 6.45) is 8.45. The molecule has 1 aromatic rings. The van der Waals surface area contributed by atoms with Gasteiger partial charge in [-0.05, 0) is 37.5 Å². The van der Waals surface area contributed by atoms with E-state index in [2.05, 4.69) is 17.6 Å². The number of nitrogens with one attached hydrogen (secondary N) is 2. The van der Waals surface area contributed by atoms with Crippen molar-refractivity contribution in [1.82, 2.24) is 5.32 Å². The van der Waals surface area contributed by atoms with Gasteiger partial charge in [0.25, 0.3) is 0 Å². The summed E-state index contributed by atoms with van der Waals surface area (Å²) in [4.78, 5) is 12.9. The van der Waals surface area contributed by atoms with Crippen molar-refractivity contribution >= 4 is 11.5 Å². The smallest absolute Gasteiger partial charge is 0.179 e. The summed E-state index contributed by atoms with van der Waals surface area (Å²) in [6.45, 7) is 3.56. The fraction of sp³-hybridized carbons (Fsp3) is 0.632. The topological polar surface area (TPSA) is 50.4 Å². The van der Waals surface area contributed by atoms with Crippen molar-refractivity contribution in [3.63, 3.8) is 0 Å². The number of carbonyl (C=O) groups is 1. The van der Waals surface area contributed by atoms with Gasteiger partial charge < -0.3 is 15.4 Å². The third-order valence-electron chi connectivity index (χ3n) is 4.96. The van der Waals surface area contributed by atoms with Crippen LogP contribution in [0.2, 0.25) is 0 Å². The predicted octanol–water partition coefficient (Wildman–Crippen LogP) is 3.76. The Kier molecular flexibility index (Phi) is 5.55. The van der Waals surface area contributed by atoms with Crippen LogP contribution < -0.4 is 15.4 Å². The summed E-state index contributed by atoms with van der Waals surface area (Å²) in [5.41, 5.74) is 1.71. The number of Topliss-reactive ketones (excluding diaryl/α,β-unsaturated/α-hetero) is 1. The van der Waals surface area contributed by atoms with E-state index in [-0.39, 0.29) is 11.8 Å². The largest absolute Gasteiger partial charge is 0.490 e. The van der Waals surface area contributed by atoms with Gasteiger partial charge in [0, 0.05) is 18.2 Å². The molecule has 2 aliphatic rings. The normalized spacial score (nSPS) is 19.9. The average Bonchev–Trinajstić information content (AvgIpc) is 2.87. The van der Waals surface area contributed by atoms with Crippen LogP contribution in [0.25, 0.3) is 0 Å². The number of rotatable bonds is 5. The molecule has 1 unspecified atom stereocenters. The zero-order chi connectivity index (χ0) is 16.1. The monoisotopic (exact) mass is 316 g/mol. The second kappa shape index (κ2) is 7.82. The molecule has 0 bridgehead atoms. The Morgan fingerprint density at radius 1 is 1.30 bits per heavy atom. The van der Waals surface area contributed by atoms with Crippen LogP contribution in [-0.2, 0) is 0 Å². The lowest BCUT2D eigenvalue weighted by Gasteiger charge is -2.24. The molecule has 1 aliphatic heterocycles. The molecule has 1 aliphatic carbocycles. The lowest BCUT2D eigenvalue weighted by Crippen LogP contribution is -2.42. The van der Waals surface area contributed by atoms with Crippen molar-refractivity contribution in [2.24, 2.45) is 0 Å². The van der Waals surface area contributed by atoms with Crippen LogP contribution in [0, 0.1) is 0 Å². The molecule has 1 aromatic carbocycles. The molecular weight excluding hydrogens is 288 g/mol. The first-order chi connectivity index (χ1) is 11.3. The maximum Gasteiger partial charge on any atom is 0.179 e. The SMILES string of the molecule is CCC(NC1CCCCCC1)C(=O)c1ccc2c(c1)NCCO2. The molecule has 4 nitrogen and oxygen atoms in total. The van der Waals surface area contributed by atoms with Crippen molar-refractivity contribution < 1.29 is 9.53 Å². The van der Waals surface area contributed by atoms with E-state index in [0.29, 0.717) is 12.6 Å². The molecule has 1 saturated carbocycles. The van der Waals surface area contributed by atoms with Crippen molar-refractivity contribution in [1.29, 1.82) is 0 Å². The number of carbonyl (C=O) groups excluding carboxylic acids is 1. The Morgan fingerprint density at radius 3 is 2.83 bits per heavy atom. The number of ether oxygens (including phenoxy) is 1. The summed E-state index contributed by atoms with van der Waals surface area (Å²) >= 11 is 0. The molecule has 0 spiro atoms. The van der Waals surface area contributed by atoms with Gasteiger partial charge >= 0.3 is 0 Å². The van der Waals surface area contributed by atoms with Crippen LogP contribution in [0.1, 0.15) is 62.2 Å². The molecule has 1 atom stereocenters. The lowest BCUT2D eigenvalue weighted by atomic mass is 9.98. The fourth-order valence-electron chi connectivity index (χ4n) is 3.60. The van der Waals surface area contributed by atoms with Crippen LogP contribution in [0.15, 0.2) is 18.2 Å². The highest BCUT2D eigenvalue weighted by molar-refractivity contribution is 6.01. The molecule has 23 heavy (non-hydrogen) atoms. The molecule has 0 radical (unpaired) electrons. The molecule has 0 amide bonds. The number of anilines is 1. The number of hydrogen-bond acceptors (Lipinski definition) is 4. The summed E-state index contributed by atoms with van der Waals surface area (Å²) in [6, 6.07) is 6.15. The third-order valence-corrected chi connectivity index (χ3v) is 4.96. The van der Waals surface area contributed by atoms with Crippen molar-refractivity contribution in [3.05, 3.63) is 23.8 Å². The first-order valence-corrected chi connectivity index (χ1v) is 9.09. The van der Waals surface area contributed by atoms with Gasteiger partial charge in [-0.15, -0.1) is 0 Å². The number of ketones is 1. The van der Waals surface area contributed by atoms with Crippen LogP contribution in [0.5, 0.6) is 5.75 Å². The third kappa shape index (κ3) is 4.05. The average molecular weight is 316 g/mol. The highest BCUT2D eigenvalue weighted by Crippen LogP contribution is 2.28. The van der Waals surface area contributed by atoms with E-state index in [9.17, 15) is 4.79 Å². The molecule has 0 aromatic heterocycles. The molecule has 1 heterocycles. The first kappa shape index (κ1) is 16.3. The summed E-state index contributed by atoms with van der Waals surface area (Å²) in [5.74, 6) is 1.05. The van der Waals surface area contributed by atoms with Gasteiger partial charge in [0.2, 0.25) is 0 Å². The minimum absolute atomic E-state index is 0.0827. The second-order valence-corrected chi connectivity index (χ2v) is 6.67. The number of benzene rings is 1. The Hall–Kier alpha value is -1.55. The zero-order valence-electron chi connectivity index (χ0n) is 14.1. The molecule has 3 rings (SSSR count). The van der Waals surface area contributed by atoms with Crippen LogP contribution in [0.3, 0.4) is 0 Å². The molecule has 2 N–H and O–H groups in total. The summed E-state index contributed by atoms with van der Waals surface area (Å²) in [5, 5.41) is 6.93. The van der Waals surface area contributed by atoms with Crippen molar-refractivity contribution in [3.8, 4) is 5.75 Å². The highest BCUT2D eigenvalue weighted by atomic mass is 16.5. The standard InChI is InChI=1S/C19H28N2O2/c1-2-16(21-15-7-5-3-4-6-8-15)19(22)14-9-10-18-17(13-14)20-11-12-23-18/h9-10,13,15-16,20-21H,2-8,11-12H2,1H3. The van der Waals surface area contributed by atoms with Gasteiger partial charge in [0.05, 0.1) is 11.7 Å². The molecular formula is C19H28N2O2. The van der Waals surface area contributed by atoms with Gasteiger partial charge in [0.15, 0.2) is 5.78 Å². The molecule has 1 fully saturated rings. The molecule has 4 heteroatoms. The van der Waals surface area contributed by atoms with E-state index in [0.717, 1.165) is 30.0 Å². The van der Waals surface area contributed by atoms with E-state index >= 15 is 0 Å². The maximum absolute atomic E-state index is 12.9. The highest BCUT2D eigenvalue weighted by Gasteiger charge is 2.23. The second-order valence-electron chi connectivity index (χ2n) is 6.67. The zero-order valence-corrected chi connectivity index (χ0v) is 14.1. The van der Waals surface area contributed by atoms with E-state index in [1.54, 1.807) is 0 Å². The quantitative estimate of drug-likeness (QED) is 0.641. The van der Waals surface area contributed by atoms with E-state index in [4.69, 9.17) is 4.74 Å². The fourth-order valence-corrected chi connectivity index (χ4v) is 3.60. The van der Waals surface area contributed by atoms with E-state index in [1.165, 1.54) is 38.5 Å². The lowest BCUT2D eigenvalue weighted by molar-refractivity contribution is 0.0931. The minimum Gasteiger partial charge on any atom is -0.490 e. The van der Waals surface area contributed by atoms with Gasteiger partial charge in [-0.2, -0.15) is 0 Å². The van der Waals surface area contributed by atoms with Crippen LogP contribution in [-0.4, -0.2) is 31.0 Å². The Bertz CT molecular complexity index is 536. The number of hydrogen-bond donors (Lipinski definition) is 2. The minimum atomic E-state index is -0.0827. The van der Waals surface area contributed by atoms with Gasteiger partial charge in [0.1, 0.15) is 12.4 Å². The van der Waals surface area contributed by atoms with Crippen LogP contribution >= 0.6 is 0 Å². The number of fused-ring (bicyclic) bond motifs is 1. The predicted molar refractivity (Wildman–Crippen MR) is 93.5 cm³/mol.